The molecule has 0 fully saturated rings. The van der Waals surface area contributed by atoms with Gasteiger partial charge in [-0.05, 0) is 18.6 Å². The predicted molar refractivity (Wildman–Crippen MR) is 61.3 cm³/mol. The van der Waals surface area contributed by atoms with Crippen LogP contribution < -0.4 is 5.73 Å². The molecule has 0 saturated heterocycles. The van der Waals surface area contributed by atoms with Crippen LogP contribution in [0.25, 0.3) is 11.3 Å². The van der Waals surface area contributed by atoms with Crippen molar-refractivity contribution < 1.29 is 4.39 Å². The van der Waals surface area contributed by atoms with Crippen molar-refractivity contribution in [1.82, 2.24) is 4.98 Å². The van der Waals surface area contributed by atoms with E-state index in [1.54, 1.807) is 6.07 Å². The van der Waals surface area contributed by atoms with Crippen LogP contribution in [0, 0.1) is 5.82 Å². The Labute approximate surface area is 91.6 Å². The zero-order valence-corrected chi connectivity index (χ0v) is 9.14. The first-order chi connectivity index (χ1) is 7.20. The van der Waals surface area contributed by atoms with Gasteiger partial charge in [-0.1, -0.05) is 19.1 Å². The standard InChI is InChI=1S/C11H11FN2S/c1-2-9-14-10(11(13)15-9)7-4-3-5-8(12)6-7/h3-6H,2,13H2,1H3. The van der Waals surface area contributed by atoms with Crippen molar-refractivity contribution in [2.24, 2.45) is 0 Å². The Hall–Kier alpha value is -1.42. The molecule has 15 heavy (non-hydrogen) atoms. The van der Waals surface area contributed by atoms with Gasteiger partial charge in [-0.2, -0.15) is 0 Å². The molecule has 1 aromatic carbocycles. The molecule has 0 aliphatic carbocycles. The number of halogens is 1. The zero-order valence-electron chi connectivity index (χ0n) is 8.33. The molecule has 1 aromatic heterocycles. The van der Waals surface area contributed by atoms with Gasteiger partial charge >= 0.3 is 0 Å². The van der Waals surface area contributed by atoms with Crippen LogP contribution in [0.5, 0.6) is 0 Å². The highest BCUT2D eigenvalue weighted by molar-refractivity contribution is 7.16. The summed E-state index contributed by atoms with van der Waals surface area (Å²) in [6.07, 6.45) is 0.851. The first-order valence-corrected chi connectivity index (χ1v) is 5.53. The lowest BCUT2D eigenvalue weighted by Gasteiger charge is -1.97. The maximum atomic E-state index is 13.0. The molecule has 0 unspecified atom stereocenters. The summed E-state index contributed by atoms with van der Waals surface area (Å²) >= 11 is 1.46. The van der Waals surface area contributed by atoms with E-state index < -0.39 is 0 Å². The Balaban J connectivity index is 2.48. The number of thiazole rings is 1. The summed E-state index contributed by atoms with van der Waals surface area (Å²) in [6.45, 7) is 2.02. The lowest BCUT2D eigenvalue weighted by molar-refractivity contribution is 0.628. The Bertz CT molecular complexity index is 479. The molecule has 2 aromatic rings. The number of hydrogen-bond acceptors (Lipinski definition) is 3. The Morgan fingerprint density at radius 1 is 1.47 bits per heavy atom. The van der Waals surface area contributed by atoms with E-state index in [9.17, 15) is 4.39 Å². The third kappa shape index (κ3) is 1.99. The van der Waals surface area contributed by atoms with Gasteiger partial charge < -0.3 is 5.73 Å². The number of aryl methyl sites for hydroxylation is 1. The summed E-state index contributed by atoms with van der Waals surface area (Å²) < 4.78 is 13.0. The number of nitrogens with two attached hydrogens (primary N) is 1. The summed E-state index contributed by atoms with van der Waals surface area (Å²) in [6, 6.07) is 6.33. The fourth-order valence-electron chi connectivity index (χ4n) is 1.37. The first-order valence-electron chi connectivity index (χ1n) is 4.72. The summed E-state index contributed by atoms with van der Waals surface area (Å²) in [5, 5.41) is 1.63. The van der Waals surface area contributed by atoms with Crippen LogP contribution in [0.2, 0.25) is 0 Å². The molecule has 2 N–H and O–H groups in total. The Morgan fingerprint density at radius 2 is 2.27 bits per heavy atom. The fourth-order valence-corrected chi connectivity index (χ4v) is 2.17. The molecular formula is C11H11FN2S. The number of nitrogen functional groups attached to an aromatic ring is 1. The molecule has 0 amide bonds. The van der Waals surface area contributed by atoms with Crippen LogP contribution in [0.4, 0.5) is 9.39 Å². The van der Waals surface area contributed by atoms with Crippen molar-refractivity contribution in [1.29, 1.82) is 0 Å². The molecule has 78 valence electrons. The van der Waals surface area contributed by atoms with Crippen molar-refractivity contribution in [2.75, 3.05) is 5.73 Å². The lowest BCUT2D eigenvalue weighted by atomic mass is 10.1. The number of anilines is 1. The monoisotopic (exact) mass is 222 g/mol. The van der Waals surface area contributed by atoms with E-state index in [0.717, 1.165) is 17.0 Å². The highest BCUT2D eigenvalue weighted by Gasteiger charge is 2.09. The molecular weight excluding hydrogens is 211 g/mol. The van der Waals surface area contributed by atoms with Crippen molar-refractivity contribution >= 4 is 16.3 Å². The maximum absolute atomic E-state index is 13.0. The maximum Gasteiger partial charge on any atom is 0.123 e. The van der Waals surface area contributed by atoms with E-state index >= 15 is 0 Å². The smallest absolute Gasteiger partial charge is 0.123 e. The van der Waals surface area contributed by atoms with Crippen LogP contribution in [0.3, 0.4) is 0 Å². The summed E-state index contributed by atoms with van der Waals surface area (Å²) in [4.78, 5) is 4.37. The second kappa shape index (κ2) is 3.98. The highest BCUT2D eigenvalue weighted by atomic mass is 32.1. The number of hydrogen-bond donors (Lipinski definition) is 1. The first kappa shape index (κ1) is 10.1. The van der Waals surface area contributed by atoms with Crippen LogP contribution in [0.15, 0.2) is 24.3 Å². The average Bonchev–Trinajstić information content (AvgIpc) is 2.60. The number of benzene rings is 1. The number of aromatic nitrogens is 1. The highest BCUT2D eigenvalue weighted by Crippen LogP contribution is 2.30. The van der Waals surface area contributed by atoms with Gasteiger partial charge in [-0.3, -0.25) is 0 Å². The average molecular weight is 222 g/mol. The Kier molecular flexibility index (Phi) is 2.68. The second-order valence-electron chi connectivity index (χ2n) is 3.18. The molecule has 0 bridgehead atoms. The van der Waals surface area contributed by atoms with E-state index in [-0.39, 0.29) is 5.82 Å². The van der Waals surface area contributed by atoms with E-state index in [2.05, 4.69) is 4.98 Å². The summed E-state index contributed by atoms with van der Waals surface area (Å²) in [5.41, 5.74) is 7.26. The van der Waals surface area contributed by atoms with Gasteiger partial charge in [-0.15, -0.1) is 11.3 Å². The van der Waals surface area contributed by atoms with Crippen LogP contribution >= 0.6 is 11.3 Å². The van der Waals surface area contributed by atoms with Gasteiger partial charge in [-0.25, -0.2) is 9.37 Å². The Morgan fingerprint density at radius 3 is 2.87 bits per heavy atom. The van der Waals surface area contributed by atoms with Gasteiger partial charge in [0.15, 0.2) is 0 Å². The molecule has 0 atom stereocenters. The zero-order chi connectivity index (χ0) is 10.8. The summed E-state index contributed by atoms with van der Waals surface area (Å²) in [7, 11) is 0. The third-order valence-electron chi connectivity index (χ3n) is 2.10. The number of nitrogens with zero attached hydrogens (tertiary/aromatic N) is 1. The molecule has 2 nitrogen and oxygen atoms in total. The molecule has 0 aliphatic heterocycles. The second-order valence-corrected chi connectivity index (χ2v) is 4.30. The van der Waals surface area contributed by atoms with Gasteiger partial charge in [0.1, 0.15) is 16.5 Å². The minimum atomic E-state index is -0.266. The number of rotatable bonds is 2. The molecule has 2 rings (SSSR count). The molecule has 1 heterocycles. The molecule has 0 aliphatic rings. The minimum Gasteiger partial charge on any atom is -0.389 e. The van der Waals surface area contributed by atoms with E-state index in [0.29, 0.717) is 10.7 Å². The fraction of sp³-hybridized carbons (Fsp3) is 0.182. The summed E-state index contributed by atoms with van der Waals surface area (Å²) in [5.74, 6) is -0.266. The van der Waals surface area contributed by atoms with Crippen LogP contribution in [-0.4, -0.2) is 4.98 Å². The van der Waals surface area contributed by atoms with Gasteiger partial charge in [0.2, 0.25) is 0 Å². The normalized spacial score (nSPS) is 10.5. The van der Waals surface area contributed by atoms with E-state index in [4.69, 9.17) is 5.73 Å². The quantitative estimate of drug-likeness (QED) is 0.848. The topological polar surface area (TPSA) is 38.9 Å². The SMILES string of the molecule is CCc1nc(-c2cccc(F)c2)c(N)s1. The van der Waals surface area contributed by atoms with Crippen LogP contribution in [-0.2, 0) is 6.42 Å². The molecule has 0 spiro atoms. The van der Waals surface area contributed by atoms with E-state index in [1.165, 1.54) is 23.5 Å². The van der Waals surface area contributed by atoms with Crippen molar-refractivity contribution in [3.05, 3.63) is 35.1 Å². The van der Waals surface area contributed by atoms with E-state index in [1.807, 2.05) is 13.0 Å². The molecule has 0 radical (unpaired) electrons. The van der Waals surface area contributed by atoms with Crippen molar-refractivity contribution in [3.63, 3.8) is 0 Å². The van der Waals surface area contributed by atoms with Crippen molar-refractivity contribution in [2.45, 2.75) is 13.3 Å². The van der Waals surface area contributed by atoms with Crippen molar-refractivity contribution in [3.8, 4) is 11.3 Å². The van der Waals surface area contributed by atoms with Gasteiger partial charge in [0.05, 0.1) is 5.01 Å². The van der Waals surface area contributed by atoms with Gasteiger partial charge in [0, 0.05) is 5.56 Å². The third-order valence-corrected chi connectivity index (χ3v) is 3.13. The molecule has 4 heteroatoms. The largest absolute Gasteiger partial charge is 0.389 e. The lowest BCUT2D eigenvalue weighted by Crippen LogP contribution is -1.86. The van der Waals surface area contributed by atoms with Gasteiger partial charge in [0.25, 0.3) is 0 Å². The predicted octanol–water partition coefficient (Wildman–Crippen LogP) is 3.09. The molecule has 0 saturated carbocycles. The van der Waals surface area contributed by atoms with Crippen LogP contribution in [0.1, 0.15) is 11.9 Å². The minimum absolute atomic E-state index is 0.266.